The SMILES string of the molecule is Cl.O=C(NC[C@H]1O[C@@H](CO)[C@@H](O)[C@H]1N1CCCCC1)Nc1ccc(F)cc1F. The van der Waals surface area contributed by atoms with Gasteiger partial charge in [-0.1, -0.05) is 6.42 Å². The highest BCUT2D eigenvalue weighted by atomic mass is 35.5. The molecule has 10 heteroatoms. The third kappa shape index (κ3) is 5.30. The van der Waals surface area contributed by atoms with Crippen molar-refractivity contribution in [2.75, 3.05) is 31.6 Å². The summed E-state index contributed by atoms with van der Waals surface area (Å²) in [4.78, 5) is 14.2. The molecule has 0 spiro atoms. The molecule has 2 aliphatic rings. The lowest BCUT2D eigenvalue weighted by atomic mass is 9.99. The number of rotatable bonds is 5. The summed E-state index contributed by atoms with van der Waals surface area (Å²) in [6, 6.07) is 1.88. The largest absolute Gasteiger partial charge is 0.394 e. The number of likely N-dealkylation sites (tertiary alicyclic amines) is 1. The average molecular weight is 422 g/mol. The summed E-state index contributed by atoms with van der Waals surface area (Å²) >= 11 is 0. The Hall–Kier alpha value is -1.52. The van der Waals surface area contributed by atoms with E-state index in [1.54, 1.807) is 0 Å². The Morgan fingerprint density at radius 2 is 1.93 bits per heavy atom. The predicted octanol–water partition coefficient (Wildman–Crippen LogP) is 1.48. The number of ether oxygens (including phenoxy) is 1. The topological polar surface area (TPSA) is 94.1 Å². The highest BCUT2D eigenvalue weighted by molar-refractivity contribution is 5.89. The van der Waals surface area contributed by atoms with Crippen LogP contribution in [0.3, 0.4) is 0 Å². The van der Waals surface area contributed by atoms with Gasteiger partial charge in [0.05, 0.1) is 24.4 Å². The summed E-state index contributed by atoms with van der Waals surface area (Å²) in [6.07, 6.45) is 1.13. The van der Waals surface area contributed by atoms with E-state index in [1.807, 2.05) is 0 Å². The van der Waals surface area contributed by atoms with Crippen molar-refractivity contribution in [3.63, 3.8) is 0 Å². The van der Waals surface area contributed by atoms with Gasteiger partial charge in [-0.3, -0.25) is 4.90 Å². The van der Waals surface area contributed by atoms with Crippen molar-refractivity contribution in [3.8, 4) is 0 Å². The van der Waals surface area contributed by atoms with Crippen LogP contribution in [0.4, 0.5) is 19.3 Å². The average Bonchev–Trinajstić information content (AvgIpc) is 2.98. The van der Waals surface area contributed by atoms with E-state index in [9.17, 15) is 23.8 Å². The molecule has 2 amide bonds. The van der Waals surface area contributed by atoms with Crippen LogP contribution in [-0.4, -0.2) is 71.7 Å². The van der Waals surface area contributed by atoms with Crippen molar-refractivity contribution >= 4 is 24.1 Å². The van der Waals surface area contributed by atoms with Crippen LogP contribution in [0.15, 0.2) is 18.2 Å². The number of halogens is 3. The first kappa shape index (κ1) is 22.8. The Balaban J connectivity index is 0.00000280. The van der Waals surface area contributed by atoms with Gasteiger partial charge in [-0.25, -0.2) is 13.6 Å². The van der Waals surface area contributed by atoms with Gasteiger partial charge in [0.1, 0.15) is 23.8 Å². The number of nitrogens with zero attached hydrogens (tertiary/aromatic N) is 1. The molecule has 158 valence electrons. The number of urea groups is 1. The van der Waals surface area contributed by atoms with Gasteiger partial charge in [-0.2, -0.15) is 0 Å². The molecule has 2 fully saturated rings. The smallest absolute Gasteiger partial charge is 0.319 e. The zero-order chi connectivity index (χ0) is 19.4. The lowest BCUT2D eigenvalue weighted by Gasteiger charge is -2.36. The molecule has 2 saturated heterocycles. The maximum atomic E-state index is 13.6. The van der Waals surface area contributed by atoms with Crippen molar-refractivity contribution in [3.05, 3.63) is 29.8 Å². The van der Waals surface area contributed by atoms with Crippen LogP contribution < -0.4 is 10.6 Å². The Bertz CT molecular complexity index is 664. The lowest BCUT2D eigenvalue weighted by molar-refractivity contribution is -0.0205. The molecular formula is C18H26ClF2N3O4. The van der Waals surface area contributed by atoms with Crippen LogP contribution in [0, 0.1) is 11.6 Å². The molecule has 0 saturated carbocycles. The molecule has 3 rings (SSSR count). The van der Waals surface area contributed by atoms with Crippen molar-refractivity contribution < 1.29 is 28.5 Å². The van der Waals surface area contributed by atoms with Crippen LogP contribution in [0.2, 0.25) is 0 Å². The molecule has 0 unspecified atom stereocenters. The maximum Gasteiger partial charge on any atom is 0.319 e. The third-order valence-corrected chi connectivity index (χ3v) is 5.10. The fourth-order valence-corrected chi connectivity index (χ4v) is 3.76. The van der Waals surface area contributed by atoms with Crippen LogP contribution in [0.5, 0.6) is 0 Å². The summed E-state index contributed by atoms with van der Waals surface area (Å²) in [7, 11) is 0. The summed E-state index contributed by atoms with van der Waals surface area (Å²) in [5.41, 5.74) is -0.137. The summed E-state index contributed by atoms with van der Waals surface area (Å²) in [5, 5.41) is 24.8. The Labute approximate surface area is 168 Å². The quantitative estimate of drug-likeness (QED) is 0.578. The van der Waals surface area contributed by atoms with Crippen LogP contribution in [-0.2, 0) is 4.74 Å². The second kappa shape index (κ2) is 10.3. The van der Waals surface area contributed by atoms with E-state index in [-0.39, 0.29) is 37.3 Å². The summed E-state index contributed by atoms with van der Waals surface area (Å²) in [5.74, 6) is -1.60. The minimum atomic E-state index is -0.871. The molecule has 4 N–H and O–H groups in total. The van der Waals surface area contributed by atoms with Crippen LogP contribution in [0.1, 0.15) is 19.3 Å². The fraction of sp³-hybridized carbons (Fsp3) is 0.611. The summed E-state index contributed by atoms with van der Waals surface area (Å²) in [6.45, 7) is 1.43. The normalized spacial score (nSPS) is 27.9. The fourth-order valence-electron chi connectivity index (χ4n) is 3.76. The second-order valence-electron chi connectivity index (χ2n) is 6.93. The number of amides is 2. The molecular weight excluding hydrogens is 396 g/mol. The molecule has 7 nitrogen and oxygen atoms in total. The molecule has 0 aliphatic carbocycles. The molecule has 4 atom stereocenters. The van der Waals surface area contributed by atoms with E-state index in [0.29, 0.717) is 6.07 Å². The highest BCUT2D eigenvalue weighted by Crippen LogP contribution is 2.28. The molecule has 0 bridgehead atoms. The summed E-state index contributed by atoms with van der Waals surface area (Å²) < 4.78 is 32.3. The number of carbonyl (C=O) groups excluding carboxylic acids is 1. The zero-order valence-corrected chi connectivity index (χ0v) is 16.1. The highest BCUT2D eigenvalue weighted by Gasteiger charge is 2.46. The van der Waals surface area contributed by atoms with Gasteiger partial charge in [-0.15, -0.1) is 12.4 Å². The number of benzene rings is 1. The molecule has 0 aromatic heterocycles. The predicted molar refractivity (Wildman–Crippen MR) is 102 cm³/mol. The monoisotopic (exact) mass is 421 g/mol. The number of carbonyl (C=O) groups is 1. The van der Waals surface area contributed by atoms with Crippen molar-refractivity contribution in [1.29, 1.82) is 0 Å². The van der Waals surface area contributed by atoms with E-state index in [2.05, 4.69) is 15.5 Å². The van der Waals surface area contributed by atoms with E-state index < -0.39 is 36.0 Å². The van der Waals surface area contributed by atoms with E-state index in [4.69, 9.17) is 4.74 Å². The van der Waals surface area contributed by atoms with Crippen molar-refractivity contribution in [2.45, 2.75) is 43.6 Å². The number of hydrogen-bond acceptors (Lipinski definition) is 5. The van der Waals surface area contributed by atoms with Gasteiger partial charge in [0.15, 0.2) is 0 Å². The Kier molecular flexibility index (Phi) is 8.38. The molecule has 1 aromatic carbocycles. The van der Waals surface area contributed by atoms with Crippen LogP contribution in [0.25, 0.3) is 0 Å². The molecule has 2 heterocycles. The standard InChI is InChI=1S/C18H25F2N3O4.ClH/c19-11-4-5-13(12(20)8-11)22-18(26)21-9-14-16(17(25)15(10-24)27-14)23-6-2-1-3-7-23;/h4-5,8,14-17,24-25H,1-3,6-7,9-10H2,(H2,21,22,26);1H/t14-,15+,16+,17-;/m1./s1. The molecule has 28 heavy (non-hydrogen) atoms. The minimum Gasteiger partial charge on any atom is -0.394 e. The number of hydrogen-bond donors (Lipinski definition) is 4. The first-order chi connectivity index (χ1) is 13.0. The first-order valence-electron chi connectivity index (χ1n) is 9.18. The van der Waals surface area contributed by atoms with Crippen molar-refractivity contribution in [1.82, 2.24) is 10.2 Å². The minimum absolute atomic E-state index is 0. The number of aliphatic hydroxyl groups is 2. The first-order valence-corrected chi connectivity index (χ1v) is 9.18. The lowest BCUT2D eigenvalue weighted by Crippen LogP contribution is -2.53. The van der Waals surface area contributed by atoms with E-state index >= 15 is 0 Å². The molecule has 0 radical (unpaired) electrons. The van der Waals surface area contributed by atoms with Gasteiger partial charge in [0.2, 0.25) is 0 Å². The number of piperidine rings is 1. The van der Waals surface area contributed by atoms with Crippen LogP contribution >= 0.6 is 12.4 Å². The Morgan fingerprint density at radius 1 is 1.21 bits per heavy atom. The number of nitrogens with one attached hydrogen (secondary N) is 2. The number of anilines is 1. The molecule has 1 aromatic rings. The van der Waals surface area contributed by atoms with Gasteiger partial charge in [0.25, 0.3) is 0 Å². The molecule has 2 aliphatic heterocycles. The van der Waals surface area contributed by atoms with Gasteiger partial charge >= 0.3 is 6.03 Å². The second-order valence-corrected chi connectivity index (χ2v) is 6.93. The Morgan fingerprint density at radius 3 is 2.57 bits per heavy atom. The number of aliphatic hydroxyl groups excluding tert-OH is 2. The van der Waals surface area contributed by atoms with E-state index in [0.717, 1.165) is 44.5 Å². The third-order valence-electron chi connectivity index (χ3n) is 5.10. The van der Waals surface area contributed by atoms with E-state index in [1.165, 1.54) is 0 Å². The van der Waals surface area contributed by atoms with Gasteiger partial charge in [-0.05, 0) is 38.1 Å². The van der Waals surface area contributed by atoms with Gasteiger partial charge < -0.3 is 25.6 Å². The van der Waals surface area contributed by atoms with Gasteiger partial charge in [0, 0.05) is 12.6 Å². The zero-order valence-electron chi connectivity index (χ0n) is 15.3. The maximum absolute atomic E-state index is 13.6. The van der Waals surface area contributed by atoms with Crippen molar-refractivity contribution in [2.24, 2.45) is 0 Å².